The molecule has 4 heteroatoms. The van der Waals surface area contributed by atoms with Gasteiger partial charge in [0, 0.05) is 11.1 Å². The Labute approximate surface area is 102 Å². The van der Waals surface area contributed by atoms with Gasteiger partial charge in [-0.3, -0.25) is 0 Å². The summed E-state index contributed by atoms with van der Waals surface area (Å²) in [6.45, 7) is 7.78. The van der Waals surface area contributed by atoms with Crippen LogP contribution in [0, 0.1) is 5.82 Å². The van der Waals surface area contributed by atoms with Crippen LogP contribution in [0.15, 0.2) is 29.3 Å². The van der Waals surface area contributed by atoms with Gasteiger partial charge in [0.15, 0.2) is 5.96 Å². The van der Waals surface area contributed by atoms with E-state index in [1.54, 1.807) is 18.2 Å². The maximum atomic E-state index is 13.5. The van der Waals surface area contributed by atoms with Gasteiger partial charge in [0.05, 0.1) is 6.04 Å². The lowest BCUT2D eigenvalue weighted by atomic mass is 10.1. The fraction of sp³-hybridized carbons (Fsp3) is 0.462. The number of benzene rings is 1. The van der Waals surface area contributed by atoms with Crippen molar-refractivity contribution in [1.82, 2.24) is 5.32 Å². The average molecular weight is 237 g/mol. The third kappa shape index (κ3) is 4.43. The van der Waals surface area contributed by atoms with Crippen LogP contribution >= 0.6 is 0 Å². The first-order valence-corrected chi connectivity index (χ1v) is 5.65. The second-order valence-electron chi connectivity index (χ2n) is 5.09. The van der Waals surface area contributed by atoms with Crippen LogP contribution in [0.25, 0.3) is 0 Å². The van der Waals surface area contributed by atoms with Crippen LogP contribution in [0.3, 0.4) is 0 Å². The van der Waals surface area contributed by atoms with Gasteiger partial charge < -0.3 is 11.1 Å². The van der Waals surface area contributed by atoms with Crippen LogP contribution in [-0.4, -0.2) is 11.5 Å². The third-order valence-corrected chi connectivity index (χ3v) is 2.19. The molecule has 17 heavy (non-hydrogen) atoms. The van der Waals surface area contributed by atoms with Crippen LogP contribution in [0.1, 0.15) is 39.3 Å². The Bertz CT molecular complexity index is 407. The Kier molecular flexibility index (Phi) is 4.10. The zero-order valence-electron chi connectivity index (χ0n) is 10.8. The van der Waals surface area contributed by atoms with Gasteiger partial charge in [-0.05, 0) is 33.8 Å². The van der Waals surface area contributed by atoms with E-state index >= 15 is 0 Å². The van der Waals surface area contributed by atoms with Crippen molar-refractivity contribution >= 4 is 5.96 Å². The summed E-state index contributed by atoms with van der Waals surface area (Å²) >= 11 is 0. The summed E-state index contributed by atoms with van der Waals surface area (Å²) in [4.78, 5) is 4.24. The number of nitrogens with zero attached hydrogens (tertiary/aromatic N) is 1. The van der Waals surface area contributed by atoms with E-state index in [0.29, 0.717) is 11.5 Å². The van der Waals surface area contributed by atoms with Crippen LogP contribution in [0.5, 0.6) is 0 Å². The summed E-state index contributed by atoms with van der Waals surface area (Å²) in [5.74, 6) is 0.0700. The van der Waals surface area contributed by atoms with E-state index in [9.17, 15) is 4.39 Å². The first kappa shape index (κ1) is 13.5. The van der Waals surface area contributed by atoms with E-state index < -0.39 is 0 Å². The van der Waals surface area contributed by atoms with Gasteiger partial charge in [0.2, 0.25) is 0 Å². The minimum Gasteiger partial charge on any atom is -0.370 e. The first-order valence-electron chi connectivity index (χ1n) is 5.65. The summed E-state index contributed by atoms with van der Waals surface area (Å²) < 4.78 is 13.5. The van der Waals surface area contributed by atoms with Gasteiger partial charge in [-0.25, -0.2) is 9.38 Å². The van der Waals surface area contributed by atoms with Crippen molar-refractivity contribution in [3.05, 3.63) is 35.6 Å². The summed E-state index contributed by atoms with van der Waals surface area (Å²) in [5.41, 5.74) is 6.16. The number of nitrogens with one attached hydrogen (secondary N) is 1. The summed E-state index contributed by atoms with van der Waals surface area (Å²) in [5, 5.41) is 3.04. The molecule has 1 unspecified atom stereocenters. The summed E-state index contributed by atoms with van der Waals surface area (Å²) in [6.07, 6.45) is 0. The molecule has 0 saturated carbocycles. The molecule has 0 radical (unpaired) electrons. The van der Waals surface area contributed by atoms with E-state index in [1.807, 2.05) is 27.7 Å². The number of hydrogen-bond donors (Lipinski definition) is 2. The standard InChI is InChI=1S/C13H20FN3/c1-9(10-7-5-6-8-11(10)14)16-12(15)17-13(2,3)4/h5-9H,1-4H3,(H3,15,16,17). The van der Waals surface area contributed by atoms with Crippen LogP contribution in [0.4, 0.5) is 4.39 Å². The molecule has 1 atom stereocenters. The van der Waals surface area contributed by atoms with Crippen molar-refractivity contribution in [2.75, 3.05) is 0 Å². The Morgan fingerprint density at radius 1 is 1.35 bits per heavy atom. The van der Waals surface area contributed by atoms with Crippen molar-refractivity contribution in [3.8, 4) is 0 Å². The van der Waals surface area contributed by atoms with Gasteiger partial charge in [-0.1, -0.05) is 18.2 Å². The molecule has 0 aliphatic heterocycles. The highest BCUT2D eigenvalue weighted by atomic mass is 19.1. The smallest absolute Gasteiger partial charge is 0.189 e. The topological polar surface area (TPSA) is 50.4 Å². The van der Waals surface area contributed by atoms with Crippen LogP contribution in [-0.2, 0) is 0 Å². The maximum Gasteiger partial charge on any atom is 0.189 e. The van der Waals surface area contributed by atoms with E-state index in [4.69, 9.17) is 5.73 Å². The molecule has 1 rings (SSSR count). The van der Waals surface area contributed by atoms with Crippen molar-refractivity contribution in [1.29, 1.82) is 0 Å². The van der Waals surface area contributed by atoms with Crippen molar-refractivity contribution in [2.45, 2.75) is 39.3 Å². The molecule has 0 aromatic heterocycles. The van der Waals surface area contributed by atoms with E-state index in [2.05, 4.69) is 10.3 Å². The van der Waals surface area contributed by atoms with E-state index in [-0.39, 0.29) is 17.4 Å². The average Bonchev–Trinajstić information content (AvgIpc) is 2.14. The SMILES string of the molecule is CC(N=C(N)NC(C)(C)C)c1ccccc1F. The Morgan fingerprint density at radius 3 is 2.47 bits per heavy atom. The highest BCUT2D eigenvalue weighted by Gasteiger charge is 2.13. The first-order chi connectivity index (χ1) is 7.79. The highest BCUT2D eigenvalue weighted by molar-refractivity contribution is 5.78. The Hall–Kier alpha value is -1.58. The lowest BCUT2D eigenvalue weighted by molar-refractivity contribution is 0.506. The molecule has 0 saturated heterocycles. The number of halogens is 1. The molecule has 3 N–H and O–H groups in total. The molecular formula is C13H20FN3. The van der Waals surface area contributed by atoms with E-state index in [0.717, 1.165) is 0 Å². The molecule has 0 spiro atoms. The van der Waals surface area contributed by atoms with Crippen molar-refractivity contribution in [2.24, 2.45) is 10.7 Å². The second kappa shape index (κ2) is 5.17. The monoisotopic (exact) mass is 237 g/mol. The lowest BCUT2D eigenvalue weighted by Gasteiger charge is -2.22. The van der Waals surface area contributed by atoms with Crippen LogP contribution < -0.4 is 11.1 Å². The number of guanidine groups is 1. The van der Waals surface area contributed by atoms with Gasteiger partial charge in [0.25, 0.3) is 0 Å². The molecule has 0 bridgehead atoms. The fourth-order valence-corrected chi connectivity index (χ4v) is 1.51. The van der Waals surface area contributed by atoms with Gasteiger partial charge in [0.1, 0.15) is 5.82 Å². The second-order valence-corrected chi connectivity index (χ2v) is 5.09. The number of aliphatic imine (C=N–C) groups is 1. The number of rotatable bonds is 2. The largest absolute Gasteiger partial charge is 0.370 e. The zero-order valence-corrected chi connectivity index (χ0v) is 10.8. The fourth-order valence-electron chi connectivity index (χ4n) is 1.51. The molecule has 94 valence electrons. The summed E-state index contributed by atoms with van der Waals surface area (Å²) in [7, 11) is 0. The van der Waals surface area contributed by atoms with Gasteiger partial charge in [-0.2, -0.15) is 0 Å². The molecular weight excluding hydrogens is 217 g/mol. The minimum atomic E-state index is -0.300. The molecule has 0 aliphatic carbocycles. The quantitative estimate of drug-likeness (QED) is 0.613. The van der Waals surface area contributed by atoms with Gasteiger partial charge >= 0.3 is 0 Å². The molecule has 1 aromatic carbocycles. The zero-order chi connectivity index (χ0) is 13.1. The maximum absolute atomic E-state index is 13.5. The van der Waals surface area contributed by atoms with E-state index in [1.165, 1.54) is 6.07 Å². The molecule has 0 fully saturated rings. The van der Waals surface area contributed by atoms with Crippen molar-refractivity contribution in [3.63, 3.8) is 0 Å². The Balaban J connectivity index is 2.82. The molecule has 0 heterocycles. The van der Waals surface area contributed by atoms with Gasteiger partial charge in [-0.15, -0.1) is 0 Å². The minimum absolute atomic E-state index is 0.150. The van der Waals surface area contributed by atoms with Crippen molar-refractivity contribution < 1.29 is 4.39 Å². The molecule has 0 aliphatic rings. The predicted octanol–water partition coefficient (Wildman–Crippen LogP) is 2.59. The molecule has 3 nitrogen and oxygen atoms in total. The lowest BCUT2D eigenvalue weighted by Crippen LogP contribution is -2.45. The molecule has 1 aromatic rings. The number of nitrogens with two attached hydrogens (primary N) is 1. The third-order valence-electron chi connectivity index (χ3n) is 2.19. The summed E-state index contributed by atoms with van der Waals surface area (Å²) in [6, 6.07) is 6.29. The number of hydrogen-bond acceptors (Lipinski definition) is 1. The van der Waals surface area contributed by atoms with Crippen LogP contribution in [0.2, 0.25) is 0 Å². The predicted molar refractivity (Wildman–Crippen MR) is 69.3 cm³/mol. The molecule has 0 amide bonds. The highest BCUT2D eigenvalue weighted by Crippen LogP contribution is 2.19. The Morgan fingerprint density at radius 2 is 1.94 bits per heavy atom. The normalized spacial score (nSPS) is 14.5.